The van der Waals surface area contributed by atoms with E-state index in [0.29, 0.717) is 18.7 Å². The predicted octanol–water partition coefficient (Wildman–Crippen LogP) is 1.03. The minimum Gasteiger partial charge on any atom is -0.394 e. The van der Waals surface area contributed by atoms with Crippen molar-refractivity contribution in [2.75, 3.05) is 26.0 Å². The first-order valence-corrected chi connectivity index (χ1v) is 7.42. The Labute approximate surface area is 117 Å². The molecule has 2 atom stereocenters. The van der Waals surface area contributed by atoms with Gasteiger partial charge in [-0.2, -0.15) is 0 Å². The molecule has 1 aromatic rings. The summed E-state index contributed by atoms with van der Waals surface area (Å²) >= 11 is 1.46. The molecule has 0 radical (unpaired) electrons. The van der Waals surface area contributed by atoms with Crippen LogP contribution in [-0.2, 0) is 4.74 Å². The van der Waals surface area contributed by atoms with Crippen LogP contribution in [0.25, 0.3) is 0 Å². The van der Waals surface area contributed by atoms with Crippen molar-refractivity contribution in [2.45, 2.75) is 24.2 Å². The zero-order chi connectivity index (χ0) is 13.8. The summed E-state index contributed by atoms with van der Waals surface area (Å²) in [7, 11) is 0. The highest BCUT2D eigenvalue weighted by Gasteiger charge is 2.29. The molecule has 5 nitrogen and oxygen atoms in total. The first-order chi connectivity index (χ1) is 9.15. The Hall–Kier alpha value is -1.11. The van der Waals surface area contributed by atoms with Gasteiger partial charge in [-0.25, -0.2) is 4.98 Å². The van der Waals surface area contributed by atoms with Crippen LogP contribution in [0.1, 0.15) is 17.3 Å². The molecule has 1 saturated heterocycles. The maximum atomic E-state index is 12.5. The standard InChI is InChI=1S/C13H18N2O3S/c1-9-6-15(7-10(8-16)18-9)13(17)11-4-3-5-14-12(11)19-2/h3-5,9-10,16H,6-8H2,1-2H3. The van der Waals surface area contributed by atoms with Crippen LogP contribution in [0.15, 0.2) is 23.4 Å². The smallest absolute Gasteiger partial charge is 0.256 e. The van der Waals surface area contributed by atoms with E-state index >= 15 is 0 Å². The molecule has 0 spiro atoms. The van der Waals surface area contributed by atoms with E-state index in [-0.39, 0.29) is 24.7 Å². The van der Waals surface area contributed by atoms with E-state index in [1.54, 1.807) is 23.2 Å². The molecule has 0 aliphatic carbocycles. The van der Waals surface area contributed by atoms with Crippen molar-refractivity contribution >= 4 is 17.7 Å². The number of hydrogen-bond acceptors (Lipinski definition) is 5. The largest absolute Gasteiger partial charge is 0.394 e. The Balaban J connectivity index is 2.18. The fraction of sp³-hybridized carbons (Fsp3) is 0.538. The predicted molar refractivity (Wildman–Crippen MR) is 73.3 cm³/mol. The Morgan fingerprint density at radius 2 is 2.42 bits per heavy atom. The molecule has 2 rings (SSSR count). The van der Waals surface area contributed by atoms with E-state index in [1.807, 2.05) is 13.2 Å². The number of aliphatic hydroxyl groups is 1. The highest BCUT2D eigenvalue weighted by molar-refractivity contribution is 7.98. The van der Waals surface area contributed by atoms with Crippen molar-refractivity contribution in [2.24, 2.45) is 0 Å². The summed E-state index contributed by atoms with van der Waals surface area (Å²) in [5.74, 6) is -0.0500. The number of rotatable bonds is 3. The normalized spacial score (nSPS) is 23.4. The highest BCUT2D eigenvalue weighted by Crippen LogP contribution is 2.21. The fourth-order valence-electron chi connectivity index (χ4n) is 2.20. The number of hydrogen-bond donors (Lipinski definition) is 1. The van der Waals surface area contributed by atoms with Crippen molar-refractivity contribution in [1.29, 1.82) is 0 Å². The van der Waals surface area contributed by atoms with E-state index in [1.165, 1.54) is 11.8 Å². The van der Waals surface area contributed by atoms with Gasteiger partial charge in [0.1, 0.15) is 5.03 Å². The molecular weight excluding hydrogens is 264 g/mol. The van der Waals surface area contributed by atoms with Gasteiger partial charge in [-0.05, 0) is 25.3 Å². The number of nitrogens with zero attached hydrogens (tertiary/aromatic N) is 2. The van der Waals surface area contributed by atoms with Gasteiger partial charge >= 0.3 is 0 Å². The fourth-order valence-corrected chi connectivity index (χ4v) is 2.74. The van der Waals surface area contributed by atoms with Gasteiger partial charge in [0.15, 0.2) is 0 Å². The van der Waals surface area contributed by atoms with Crippen LogP contribution < -0.4 is 0 Å². The van der Waals surface area contributed by atoms with Crippen LogP contribution in [0.2, 0.25) is 0 Å². The molecule has 0 aromatic carbocycles. The Morgan fingerprint density at radius 1 is 1.63 bits per heavy atom. The van der Waals surface area contributed by atoms with Gasteiger partial charge in [0.25, 0.3) is 5.91 Å². The molecule has 6 heteroatoms. The lowest BCUT2D eigenvalue weighted by Gasteiger charge is -2.36. The topological polar surface area (TPSA) is 62.7 Å². The van der Waals surface area contributed by atoms with Gasteiger partial charge in [-0.1, -0.05) is 0 Å². The van der Waals surface area contributed by atoms with E-state index in [4.69, 9.17) is 4.74 Å². The molecule has 2 unspecified atom stereocenters. The van der Waals surface area contributed by atoms with Gasteiger partial charge < -0.3 is 14.7 Å². The molecule has 1 N–H and O–H groups in total. The number of amides is 1. The summed E-state index contributed by atoms with van der Waals surface area (Å²) in [4.78, 5) is 18.5. The van der Waals surface area contributed by atoms with Crippen molar-refractivity contribution in [1.82, 2.24) is 9.88 Å². The molecule has 104 valence electrons. The maximum absolute atomic E-state index is 12.5. The van der Waals surface area contributed by atoms with E-state index in [2.05, 4.69) is 4.98 Å². The number of aliphatic hydroxyl groups excluding tert-OH is 1. The van der Waals surface area contributed by atoms with Crippen LogP contribution in [0.5, 0.6) is 0 Å². The second-order valence-corrected chi connectivity index (χ2v) is 5.32. The second-order valence-electron chi connectivity index (χ2n) is 4.52. The molecular formula is C13H18N2O3S. The van der Waals surface area contributed by atoms with E-state index in [9.17, 15) is 9.90 Å². The quantitative estimate of drug-likeness (QED) is 0.839. The van der Waals surface area contributed by atoms with Gasteiger partial charge in [0, 0.05) is 19.3 Å². The molecule has 1 aromatic heterocycles. The Morgan fingerprint density at radius 3 is 3.11 bits per heavy atom. The number of morpholine rings is 1. The average molecular weight is 282 g/mol. The molecule has 1 fully saturated rings. The Kier molecular flexibility index (Phi) is 4.79. The first-order valence-electron chi connectivity index (χ1n) is 6.20. The summed E-state index contributed by atoms with van der Waals surface area (Å²) in [6.45, 7) is 2.79. The molecule has 1 aliphatic heterocycles. The first kappa shape index (κ1) is 14.3. The average Bonchev–Trinajstić information content (AvgIpc) is 2.45. The number of thioether (sulfide) groups is 1. The third-order valence-electron chi connectivity index (χ3n) is 3.01. The lowest BCUT2D eigenvalue weighted by atomic mass is 10.2. The third-order valence-corrected chi connectivity index (χ3v) is 3.72. The monoisotopic (exact) mass is 282 g/mol. The second kappa shape index (κ2) is 6.36. The molecule has 19 heavy (non-hydrogen) atoms. The number of aromatic nitrogens is 1. The number of carbonyl (C=O) groups is 1. The molecule has 0 bridgehead atoms. The van der Waals surface area contributed by atoms with Gasteiger partial charge in [-0.15, -0.1) is 11.8 Å². The van der Waals surface area contributed by atoms with Crippen LogP contribution in [0.3, 0.4) is 0 Å². The Bertz CT molecular complexity index is 455. The van der Waals surface area contributed by atoms with Crippen molar-refractivity contribution < 1.29 is 14.6 Å². The van der Waals surface area contributed by atoms with Crippen molar-refractivity contribution in [3.63, 3.8) is 0 Å². The van der Waals surface area contributed by atoms with E-state index < -0.39 is 0 Å². The van der Waals surface area contributed by atoms with Crippen molar-refractivity contribution in [3.05, 3.63) is 23.9 Å². The minimum absolute atomic E-state index is 0.0500. The van der Waals surface area contributed by atoms with Crippen LogP contribution in [-0.4, -0.2) is 59.1 Å². The van der Waals surface area contributed by atoms with Crippen LogP contribution in [0.4, 0.5) is 0 Å². The lowest BCUT2D eigenvalue weighted by molar-refractivity contribution is -0.0859. The number of carbonyl (C=O) groups excluding carboxylic acids is 1. The number of ether oxygens (including phenoxy) is 1. The SMILES string of the molecule is CSc1ncccc1C(=O)N1CC(C)OC(CO)C1. The van der Waals surface area contributed by atoms with Crippen LogP contribution in [0, 0.1) is 0 Å². The molecule has 1 aliphatic rings. The summed E-state index contributed by atoms with van der Waals surface area (Å²) in [5, 5.41) is 9.93. The molecule has 2 heterocycles. The van der Waals surface area contributed by atoms with Crippen LogP contribution >= 0.6 is 11.8 Å². The zero-order valence-electron chi connectivity index (χ0n) is 11.1. The zero-order valence-corrected chi connectivity index (χ0v) is 11.9. The van der Waals surface area contributed by atoms with E-state index in [0.717, 1.165) is 5.03 Å². The lowest BCUT2D eigenvalue weighted by Crippen LogP contribution is -2.50. The minimum atomic E-state index is -0.304. The number of pyridine rings is 1. The van der Waals surface area contributed by atoms with Gasteiger partial charge in [0.2, 0.25) is 0 Å². The molecule has 1 amide bonds. The summed E-state index contributed by atoms with van der Waals surface area (Å²) in [5.41, 5.74) is 0.612. The summed E-state index contributed by atoms with van der Waals surface area (Å²) < 4.78 is 5.54. The highest BCUT2D eigenvalue weighted by atomic mass is 32.2. The summed E-state index contributed by atoms with van der Waals surface area (Å²) in [6, 6.07) is 3.55. The van der Waals surface area contributed by atoms with Gasteiger partial charge in [0.05, 0.1) is 24.4 Å². The molecule has 0 saturated carbocycles. The third kappa shape index (κ3) is 3.26. The van der Waals surface area contributed by atoms with Gasteiger partial charge in [-0.3, -0.25) is 4.79 Å². The maximum Gasteiger partial charge on any atom is 0.256 e. The summed E-state index contributed by atoms with van der Waals surface area (Å²) in [6.07, 6.45) is 3.21. The van der Waals surface area contributed by atoms with Crippen molar-refractivity contribution in [3.8, 4) is 0 Å².